The number of fused-ring (bicyclic) bond motifs is 3. The van der Waals surface area contributed by atoms with E-state index in [0.29, 0.717) is 5.46 Å². The Morgan fingerprint density at radius 1 is 0.571 bits per heavy atom. The van der Waals surface area contributed by atoms with Gasteiger partial charge in [-0.3, -0.25) is 0 Å². The zero-order valence-electron chi connectivity index (χ0n) is 15.2. The van der Waals surface area contributed by atoms with Gasteiger partial charge in [0.05, 0.1) is 11.0 Å². The number of hydrogen-bond donors (Lipinski definition) is 2. The third-order valence-electron chi connectivity index (χ3n) is 5.18. The monoisotopic (exact) mass is 363 g/mol. The Morgan fingerprint density at radius 3 is 1.75 bits per heavy atom. The van der Waals surface area contributed by atoms with Crippen molar-refractivity contribution in [2.24, 2.45) is 0 Å². The molecule has 3 nitrogen and oxygen atoms in total. The average Bonchev–Trinajstić information content (AvgIpc) is 3.08. The fourth-order valence-corrected chi connectivity index (χ4v) is 3.91. The molecule has 0 atom stereocenters. The molecule has 0 fully saturated rings. The summed E-state index contributed by atoms with van der Waals surface area (Å²) in [4.78, 5) is 0. The predicted molar refractivity (Wildman–Crippen MR) is 116 cm³/mol. The lowest BCUT2D eigenvalue weighted by Crippen LogP contribution is -2.30. The van der Waals surface area contributed by atoms with Crippen LogP contribution in [0.25, 0.3) is 38.6 Å². The third kappa shape index (κ3) is 2.71. The van der Waals surface area contributed by atoms with Crippen molar-refractivity contribution in [1.29, 1.82) is 0 Å². The Morgan fingerprint density at radius 2 is 1.14 bits per heavy atom. The maximum Gasteiger partial charge on any atom is 0.488 e. The van der Waals surface area contributed by atoms with E-state index < -0.39 is 7.12 Å². The van der Waals surface area contributed by atoms with Crippen molar-refractivity contribution in [3.05, 3.63) is 97.1 Å². The first kappa shape index (κ1) is 16.8. The second kappa shape index (κ2) is 6.68. The van der Waals surface area contributed by atoms with Crippen molar-refractivity contribution < 1.29 is 10.0 Å². The van der Waals surface area contributed by atoms with E-state index in [1.807, 2.05) is 66.7 Å². The van der Waals surface area contributed by atoms with Crippen LogP contribution in [0.15, 0.2) is 97.1 Å². The van der Waals surface area contributed by atoms with E-state index in [9.17, 15) is 10.0 Å². The summed E-state index contributed by atoms with van der Waals surface area (Å²) < 4.78 is 2.18. The summed E-state index contributed by atoms with van der Waals surface area (Å²) in [6, 6.07) is 32.3. The number of nitrogens with zero attached hydrogens (tertiary/aromatic N) is 1. The molecule has 5 aromatic rings. The highest BCUT2D eigenvalue weighted by Gasteiger charge is 2.17. The molecule has 0 unspecified atom stereocenters. The van der Waals surface area contributed by atoms with Crippen LogP contribution in [0, 0.1) is 0 Å². The number of rotatable bonds is 3. The van der Waals surface area contributed by atoms with Crippen LogP contribution < -0.4 is 5.46 Å². The molecule has 5 rings (SSSR count). The molecule has 0 radical (unpaired) electrons. The van der Waals surface area contributed by atoms with Crippen LogP contribution in [0.2, 0.25) is 0 Å². The van der Waals surface area contributed by atoms with Crippen molar-refractivity contribution in [2.45, 2.75) is 0 Å². The molecule has 0 saturated heterocycles. The molecule has 134 valence electrons. The maximum absolute atomic E-state index is 9.89. The second-order valence-corrected chi connectivity index (χ2v) is 6.92. The molecule has 0 aliphatic carbocycles. The van der Waals surface area contributed by atoms with Crippen molar-refractivity contribution in [1.82, 2.24) is 4.57 Å². The lowest BCUT2D eigenvalue weighted by molar-refractivity contribution is 0.426. The first-order valence-electron chi connectivity index (χ1n) is 9.27. The van der Waals surface area contributed by atoms with E-state index >= 15 is 0 Å². The molecule has 2 N–H and O–H groups in total. The third-order valence-corrected chi connectivity index (χ3v) is 5.18. The number of aromatic nitrogens is 1. The minimum absolute atomic E-state index is 0.471. The molecule has 4 aromatic carbocycles. The van der Waals surface area contributed by atoms with Crippen LogP contribution in [-0.2, 0) is 0 Å². The molecule has 0 aliphatic heterocycles. The second-order valence-electron chi connectivity index (χ2n) is 6.92. The molecule has 0 amide bonds. The average molecular weight is 363 g/mol. The molecule has 0 bridgehead atoms. The van der Waals surface area contributed by atoms with E-state index in [1.165, 1.54) is 10.8 Å². The van der Waals surface area contributed by atoms with Gasteiger partial charge in [-0.2, -0.15) is 0 Å². The van der Waals surface area contributed by atoms with Gasteiger partial charge in [0.2, 0.25) is 0 Å². The zero-order chi connectivity index (χ0) is 19.1. The Hall–Kier alpha value is -3.34. The van der Waals surface area contributed by atoms with Crippen molar-refractivity contribution in [3.8, 4) is 16.8 Å². The van der Waals surface area contributed by atoms with Crippen LogP contribution in [0.5, 0.6) is 0 Å². The first-order chi connectivity index (χ1) is 13.7. The van der Waals surface area contributed by atoms with Gasteiger partial charge in [0.15, 0.2) is 0 Å². The van der Waals surface area contributed by atoms with E-state index in [0.717, 1.165) is 27.8 Å². The zero-order valence-corrected chi connectivity index (χ0v) is 15.2. The van der Waals surface area contributed by atoms with Crippen LogP contribution >= 0.6 is 0 Å². The number of para-hydroxylation sites is 2. The van der Waals surface area contributed by atoms with Gasteiger partial charge in [0.25, 0.3) is 0 Å². The number of hydrogen-bond acceptors (Lipinski definition) is 2. The van der Waals surface area contributed by atoms with Crippen molar-refractivity contribution >= 4 is 34.4 Å². The maximum atomic E-state index is 9.89. The predicted octanol–water partition coefficient (Wildman–Crippen LogP) is 4.13. The lowest BCUT2D eigenvalue weighted by atomic mass is 9.78. The topological polar surface area (TPSA) is 45.4 Å². The molecule has 0 spiro atoms. The summed E-state index contributed by atoms with van der Waals surface area (Å²) in [7, 11) is -1.53. The van der Waals surface area contributed by atoms with Gasteiger partial charge >= 0.3 is 7.12 Å². The summed E-state index contributed by atoms with van der Waals surface area (Å²) in [5, 5.41) is 22.1. The van der Waals surface area contributed by atoms with Gasteiger partial charge in [-0.1, -0.05) is 72.8 Å². The van der Waals surface area contributed by atoms with Gasteiger partial charge in [0.1, 0.15) is 0 Å². The van der Waals surface area contributed by atoms with Gasteiger partial charge in [-0.15, -0.1) is 0 Å². The van der Waals surface area contributed by atoms with Crippen molar-refractivity contribution in [2.75, 3.05) is 0 Å². The summed E-state index contributed by atoms with van der Waals surface area (Å²) in [5.74, 6) is 0. The SMILES string of the molecule is OB(O)c1cc(-c2ccccc2)cc(-n2c3ccccc3c3ccccc32)c1. The van der Waals surface area contributed by atoms with Crippen LogP contribution in [0.1, 0.15) is 0 Å². The molecule has 1 heterocycles. The van der Waals surface area contributed by atoms with Gasteiger partial charge in [0, 0.05) is 16.5 Å². The normalized spacial score (nSPS) is 11.2. The van der Waals surface area contributed by atoms with Gasteiger partial charge in [-0.25, -0.2) is 0 Å². The minimum Gasteiger partial charge on any atom is -0.423 e. The van der Waals surface area contributed by atoms with Crippen LogP contribution in [0.4, 0.5) is 0 Å². The van der Waals surface area contributed by atoms with E-state index in [4.69, 9.17) is 0 Å². The van der Waals surface area contributed by atoms with Crippen LogP contribution in [0.3, 0.4) is 0 Å². The molecular weight excluding hydrogens is 345 g/mol. The summed E-state index contributed by atoms with van der Waals surface area (Å²) in [6.45, 7) is 0. The Kier molecular flexibility index (Phi) is 4.01. The molecule has 1 aromatic heterocycles. The quantitative estimate of drug-likeness (QED) is 0.474. The number of benzene rings is 4. The summed E-state index contributed by atoms with van der Waals surface area (Å²) in [6.07, 6.45) is 0. The highest BCUT2D eigenvalue weighted by Crippen LogP contribution is 2.32. The highest BCUT2D eigenvalue weighted by atomic mass is 16.4. The summed E-state index contributed by atoms with van der Waals surface area (Å²) >= 11 is 0. The van der Waals surface area contributed by atoms with Crippen LogP contribution in [-0.4, -0.2) is 21.7 Å². The first-order valence-corrected chi connectivity index (χ1v) is 9.27. The Labute approximate surface area is 163 Å². The molecule has 28 heavy (non-hydrogen) atoms. The van der Waals surface area contributed by atoms with Gasteiger partial charge < -0.3 is 14.6 Å². The molecule has 4 heteroatoms. The van der Waals surface area contributed by atoms with Gasteiger partial charge in [-0.05, 0) is 40.9 Å². The van der Waals surface area contributed by atoms with E-state index in [2.05, 4.69) is 34.9 Å². The van der Waals surface area contributed by atoms with E-state index in [1.54, 1.807) is 0 Å². The largest absolute Gasteiger partial charge is 0.488 e. The standard InChI is InChI=1S/C24H18BNO2/c27-25(28)19-14-18(17-8-2-1-3-9-17)15-20(16-19)26-23-12-6-4-10-21(23)22-11-5-7-13-24(22)26/h1-16,27-28H. The molecular formula is C24H18BNO2. The lowest BCUT2D eigenvalue weighted by Gasteiger charge is -2.13. The smallest absolute Gasteiger partial charge is 0.423 e. The Bertz CT molecular complexity index is 1240. The Balaban J connectivity index is 1.85. The molecule has 0 saturated carbocycles. The van der Waals surface area contributed by atoms with E-state index in [-0.39, 0.29) is 0 Å². The van der Waals surface area contributed by atoms with Crippen molar-refractivity contribution in [3.63, 3.8) is 0 Å². The highest BCUT2D eigenvalue weighted by molar-refractivity contribution is 6.58. The summed E-state index contributed by atoms with van der Waals surface area (Å²) in [5.41, 5.74) is 5.54. The fraction of sp³-hybridized carbons (Fsp3) is 0. The minimum atomic E-state index is -1.53. The molecule has 0 aliphatic rings. The fourth-order valence-electron chi connectivity index (χ4n) is 3.91.